The summed E-state index contributed by atoms with van der Waals surface area (Å²) in [6, 6.07) is 9.45. The van der Waals surface area contributed by atoms with E-state index in [4.69, 9.17) is 0 Å². The van der Waals surface area contributed by atoms with Crippen molar-refractivity contribution in [2.75, 3.05) is 20.1 Å². The van der Waals surface area contributed by atoms with Crippen LogP contribution in [0.4, 0.5) is 0 Å². The average molecular weight is 243 g/mol. The normalized spacial score (nSPS) is 10.5. The summed E-state index contributed by atoms with van der Waals surface area (Å²) in [5.41, 5.74) is 1.51. The summed E-state index contributed by atoms with van der Waals surface area (Å²) in [5.74, 6) is -0.0429. The van der Waals surface area contributed by atoms with Gasteiger partial charge in [0.05, 0.1) is 5.52 Å². The Balaban J connectivity index is 2.04. The number of hydrogen-bond acceptors (Lipinski definition) is 3. The number of carbonyl (C=O) groups excluding carboxylic acids is 1. The maximum Gasteiger partial charge on any atom is 0.251 e. The molecule has 18 heavy (non-hydrogen) atoms. The van der Waals surface area contributed by atoms with Crippen LogP contribution in [-0.4, -0.2) is 31.0 Å². The van der Waals surface area contributed by atoms with Crippen molar-refractivity contribution in [1.82, 2.24) is 15.6 Å². The highest BCUT2D eigenvalue weighted by molar-refractivity contribution is 5.97. The fourth-order valence-corrected chi connectivity index (χ4v) is 1.78. The molecule has 0 unspecified atom stereocenters. The maximum absolute atomic E-state index is 11.9. The first-order valence-electron chi connectivity index (χ1n) is 6.09. The largest absolute Gasteiger partial charge is 0.352 e. The van der Waals surface area contributed by atoms with Gasteiger partial charge in [-0.3, -0.25) is 9.78 Å². The lowest BCUT2D eigenvalue weighted by atomic mass is 10.1. The highest BCUT2D eigenvalue weighted by Gasteiger charge is 2.05. The van der Waals surface area contributed by atoms with Gasteiger partial charge < -0.3 is 10.6 Å². The van der Waals surface area contributed by atoms with Crippen molar-refractivity contribution in [3.8, 4) is 0 Å². The van der Waals surface area contributed by atoms with Crippen molar-refractivity contribution >= 4 is 16.8 Å². The van der Waals surface area contributed by atoms with Gasteiger partial charge >= 0.3 is 0 Å². The van der Waals surface area contributed by atoms with Crippen LogP contribution in [-0.2, 0) is 0 Å². The van der Waals surface area contributed by atoms with Gasteiger partial charge in [-0.05, 0) is 38.2 Å². The fourth-order valence-electron chi connectivity index (χ4n) is 1.78. The summed E-state index contributed by atoms with van der Waals surface area (Å²) in [4.78, 5) is 16.1. The molecule has 2 aromatic rings. The lowest BCUT2D eigenvalue weighted by molar-refractivity contribution is 0.0953. The van der Waals surface area contributed by atoms with E-state index in [0.29, 0.717) is 12.1 Å². The van der Waals surface area contributed by atoms with Gasteiger partial charge in [0.25, 0.3) is 5.91 Å². The molecule has 0 aliphatic rings. The Hall–Kier alpha value is -1.94. The van der Waals surface area contributed by atoms with Crippen LogP contribution in [0.3, 0.4) is 0 Å². The molecule has 1 amide bonds. The standard InChI is InChI=1S/C14H17N3O/c1-15-7-3-9-17-14(18)12-6-5-11-4-2-8-16-13(11)10-12/h2,4-6,8,10,15H,3,7,9H2,1H3,(H,17,18). The zero-order valence-corrected chi connectivity index (χ0v) is 10.4. The number of amides is 1. The first-order valence-corrected chi connectivity index (χ1v) is 6.09. The van der Waals surface area contributed by atoms with E-state index in [9.17, 15) is 4.79 Å². The lowest BCUT2D eigenvalue weighted by Crippen LogP contribution is -2.26. The van der Waals surface area contributed by atoms with E-state index in [1.807, 2.05) is 37.4 Å². The molecule has 0 aliphatic heterocycles. The second kappa shape index (κ2) is 6.12. The van der Waals surface area contributed by atoms with Crippen LogP contribution in [0.2, 0.25) is 0 Å². The van der Waals surface area contributed by atoms with Gasteiger partial charge in [-0.2, -0.15) is 0 Å². The Morgan fingerprint density at radius 2 is 2.17 bits per heavy atom. The molecule has 2 N–H and O–H groups in total. The third-order valence-electron chi connectivity index (χ3n) is 2.76. The van der Waals surface area contributed by atoms with E-state index in [-0.39, 0.29) is 5.91 Å². The quantitative estimate of drug-likeness (QED) is 0.784. The molecule has 4 nitrogen and oxygen atoms in total. The molecule has 0 saturated carbocycles. The molecule has 0 bridgehead atoms. The van der Waals surface area contributed by atoms with Crippen molar-refractivity contribution in [3.05, 3.63) is 42.1 Å². The van der Waals surface area contributed by atoms with Crippen LogP contribution < -0.4 is 10.6 Å². The van der Waals surface area contributed by atoms with Gasteiger partial charge in [0.1, 0.15) is 0 Å². The lowest BCUT2D eigenvalue weighted by Gasteiger charge is -2.05. The van der Waals surface area contributed by atoms with Crippen molar-refractivity contribution in [2.45, 2.75) is 6.42 Å². The van der Waals surface area contributed by atoms with Gasteiger partial charge in [0.15, 0.2) is 0 Å². The van der Waals surface area contributed by atoms with Crippen molar-refractivity contribution in [3.63, 3.8) is 0 Å². The van der Waals surface area contributed by atoms with Crippen LogP contribution in [0.5, 0.6) is 0 Å². The monoisotopic (exact) mass is 243 g/mol. The number of aromatic nitrogens is 1. The molecule has 94 valence electrons. The minimum absolute atomic E-state index is 0.0429. The molecule has 0 atom stereocenters. The van der Waals surface area contributed by atoms with Crippen molar-refractivity contribution < 1.29 is 4.79 Å². The Bertz CT molecular complexity index is 539. The zero-order valence-electron chi connectivity index (χ0n) is 10.4. The molecular formula is C14H17N3O. The summed E-state index contributed by atoms with van der Waals surface area (Å²) in [5, 5.41) is 6.98. The van der Waals surface area contributed by atoms with Gasteiger partial charge in [0.2, 0.25) is 0 Å². The van der Waals surface area contributed by atoms with E-state index >= 15 is 0 Å². The number of nitrogens with one attached hydrogen (secondary N) is 2. The van der Waals surface area contributed by atoms with Gasteiger partial charge in [-0.25, -0.2) is 0 Å². The number of nitrogens with zero attached hydrogens (tertiary/aromatic N) is 1. The topological polar surface area (TPSA) is 54.0 Å². The zero-order chi connectivity index (χ0) is 12.8. The predicted molar refractivity (Wildman–Crippen MR) is 72.6 cm³/mol. The first kappa shape index (κ1) is 12.5. The molecule has 1 aromatic carbocycles. The van der Waals surface area contributed by atoms with Crippen LogP contribution in [0.15, 0.2) is 36.5 Å². The van der Waals surface area contributed by atoms with Crippen LogP contribution in [0.1, 0.15) is 16.8 Å². The Morgan fingerprint density at radius 1 is 1.28 bits per heavy atom. The summed E-state index contributed by atoms with van der Waals surface area (Å²) in [7, 11) is 1.90. The molecule has 0 fully saturated rings. The molecule has 0 saturated heterocycles. The van der Waals surface area contributed by atoms with Crippen molar-refractivity contribution in [2.24, 2.45) is 0 Å². The molecule has 0 aliphatic carbocycles. The highest BCUT2D eigenvalue weighted by Crippen LogP contribution is 2.12. The number of pyridine rings is 1. The number of fused-ring (bicyclic) bond motifs is 1. The van der Waals surface area contributed by atoms with E-state index < -0.39 is 0 Å². The van der Waals surface area contributed by atoms with E-state index in [1.54, 1.807) is 6.20 Å². The number of benzene rings is 1. The first-order chi connectivity index (χ1) is 8.81. The second-order valence-corrected chi connectivity index (χ2v) is 4.12. The summed E-state index contributed by atoms with van der Waals surface area (Å²) in [6.45, 7) is 1.58. The third kappa shape index (κ3) is 3.05. The van der Waals surface area contributed by atoms with E-state index in [2.05, 4.69) is 15.6 Å². The summed E-state index contributed by atoms with van der Waals surface area (Å²) in [6.07, 6.45) is 2.66. The maximum atomic E-state index is 11.9. The predicted octanol–water partition coefficient (Wildman–Crippen LogP) is 1.57. The molecule has 1 heterocycles. The fraction of sp³-hybridized carbons (Fsp3) is 0.286. The molecule has 4 heteroatoms. The average Bonchev–Trinajstić information content (AvgIpc) is 2.43. The van der Waals surface area contributed by atoms with Gasteiger partial charge in [0, 0.05) is 23.7 Å². The summed E-state index contributed by atoms with van der Waals surface area (Å²) >= 11 is 0. The Labute approximate surface area is 106 Å². The molecule has 0 radical (unpaired) electrons. The number of hydrogen-bond donors (Lipinski definition) is 2. The minimum atomic E-state index is -0.0429. The minimum Gasteiger partial charge on any atom is -0.352 e. The van der Waals surface area contributed by atoms with E-state index in [0.717, 1.165) is 23.9 Å². The van der Waals surface area contributed by atoms with Crippen LogP contribution in [0, 0.1) is 0 Å². The highest BCUT2D eigenvalue weighted by atomic mass is 16.1. The smallest absolute Gasteiger partial charge is 0.251 e. The van der Waals surface area contributed by atoms with Gasteiger partial charge in [-0.15, -0.1) is 0 Å². The van der Waals surface area contributed by atoms with Crippen LogP contribution in [0.25, 0.3) is 10.9 Å². The molecule has 2 rings (SSSR count). The third-order valence-corrected chi connectivity index (χ3v) is 2.76. The van der Waals surface area contributed by atoms with Crippen molar-refractivity contribution in [1.29, 1.82) is 0 Å². The number of rotatable bonds is 5. The van der Waals surface area contributed by atoms with Crippen LogP contribution >= 0.6 is 0 Å². The Kier molecular flexibility index (Phi) is 4.25. The Morgan fingerprint density at radius 3 is 3.00 bits per heavy atom. The molecule has 1 aromatic heterocycles. The van der Waals surface area contributed by atoms with E-state index in [1.165, 1.54) is 0 Å². The summed E-state index contributed by atoms with van der Waals surface area (Å²) < 4.78 is 0. The second-order valence-electron chi connectivity index (χ2n) is 4.12. The number of carbonyl (C=O) groups is 1. The SMILES string of the molecule is CNCCCNC(=O)c1ccc2cccnc2c1. The molecular weight excluding hydrogens is 226 g/mol. The molecule has 0 spiro atoms. The van der Waals surface area contributed by atoms with Gasteiger partial charge in [-0.1, -0.05) is 12.1 Å².